The first-order valence-electron chi connectivity index (χ1n) is 3.21. The normalized spacial score (nSPS) is 27.5. The van der Waals surface area contributed by atoms with E-state index in [1.54, 1.807) is 0 Å². The van der Waals surface area contributed by atoms with Crippen molar-refractivity contribution in [3.63, 3.8) is 0 Å². The summed E-state index contributed by atoms with van der Waals surface area (Å²) in [5.74, 6) is 0. The Balaban J connectivity index is 3.11. The van der Waals surface area contributed by atoms with Gasteiger partial charge in [0.15, 0.2) is 6.21 Å². The average molecular weight is 193 g/mol. The summed E-state index contributed by atoms with van der Waals surface area (Å²) < 4.78 is 35.3. The second-order valence-corrected chi connectivity index (χ2v) is 2.55. The largest absolute Gasteiger partial charge is 0.470 e. The molecule has 0 saturated carbocycles. The van der Waals surface area contributed by atoms with Crippen LogP contribution < -0.4 is 5.73 Å². The van der Waals surface area contributed by atoms with Gasteiger partial charge in [0, 0.05) is 6.08 Å². The molecule has 1 rings (SSSR count). The molecule has 13 heavy (non-hydrogen) atoms. The summed E-state index contributed by atoms with van der Waals surface area (Å²) in [6, 6.07) is -1.20. The third-order valence-corrected chi connectivity index (χ3v) is 1.65. The lowest BCUT2D eigenvalue weighted by atomic mass is 10.3. The van der Waals surface area contributed by atoms with Crippen molar-refractivity contribution in [3.05, 3.63) is 11.8 Å². The molecule has 1 aliphatic rings. The maximum Gasteiger partial charge on any atom is 0.470 e. The van der Waals surface area contributed by atoms with Gasteiger partial charge in [-0.1, -0.05) is 9.69 Å². The number of nitrogens with two attached hydrogens (primary N) is 1. The van der Waals surface area contributed by atoms with E-state index < -0.39 is 22.5 Å². The molecular formula is C6H6F3N3O+. The fourth-order valence-corrected chi connectivity index (χ4v) is 0.882. The molecule has 1 aliphatic heterocycles. The van der Waals surface area contributed by atoms with E-state index in [0.717, 1.165) is 7.05 Å². The Kier molecular flexibility index (Phi) is 1.91. The molecule has 0 bridgehead atoms. The van der Waals surface area contributed by atoms with Crippen LogP contribution in [0, 0.1) is 0 Å². The number of quaternary nitrogens is 1. The van der Waals surface area contributed by atoms with E-state index in [2.05, 4.69) is 5.10 Å². The molecule has 0 aromatic heterocycles. The maximum absolute atomic E-state index is 12.2. The van der Waals surface area contributed by atoms with Gasteiger partial charge in [0.05, 0.1) is 0 Å². The Morgan fingerprint density at radius 1 is 1.69 bits per heavy atom. The molecule has 71 valence electrons. The molecule has 1 heterocycles. The highest BCUT2D eigenvalue weighted by atomic mass is 19.4. The van der Waals surface area contributed by atoms with Crippen LogP contribution in [0.1, 0.15) is 0 Å². The van der Waals surface area contributed by atoms with Crippen molar-refractivity contribution in [1.82, 2.24) is 0 Å². The van der Waals surface area contributed by atoms with E-state index in [4.69, 9.17) is 5.73 Å². The van der Waals surface area contributed by atoms with Crippen LogP contribution in [0.5, 0.6) is 0 Å². The Morgan fingerprint density at radius 2 is 2.23 bits per heavy atom. The van der Waals surface area contributed by atoms with Crippen LogP contribution in [0.25, 0.3) is 0 Å². The highest BCUT2D eigenvalue weighted by molar-refractivity contribution is 5.77. The predicted molar refractivity (Wildman–Crippen MR) is 37.3 cm³/mol. The second-order valence-electron chi connectivity index (χ2n) is 2.55. The molecule has 0 spiro atoms. The fourth-order valence-electron chi connectivity index (χ4n) is 0.882. The monoisotopic (exact) mass is 193 g/mol. The molecule has 1 radical (unpaired) electrons. The maximum atomic E-state index is 12.2. The lowest BCUT2D eigenvalue weighted by Crippen LogP contribution is -2.49. The second kappa shape index (κ2) is 2.56. The first kappa shape index (κ1) is 9.72. The number of allylic oxidation sites excluding steroid dienone is 2. The van der Waals surface area contributed by atoms with Gasteiger partial charge in [-0.2, -0.15) is 13.2 Å². The number of hydrogen-bond acceptors (Lipinski definition) is 2. The molecule has 0 aromatic rings. The molecule has 1 unspecified atom stereocenters. The van der Waals surface area contributed by atoms with E-state index in [1.165, 1.54) is 0 Å². The molecule has 7 heteroatoms. The number of halogens is 3. The number of amides is 2. The molecule has 0 fully saturated rings. The van der Waals surface area contributed by atoms with Gasteiger partial charge in [0.25, 0.3) is 5.70 Å². The first-order chi connectivity index (χ1) is 5.78. The Hall–Kier alpha value is -1.37. The zero-order chi connectivity index (χ0) is 10.3. The molecule has 2 amide bonds. The van der Waals surface area contributed by atoms with Crippen LogP contribution in [0.15, 0.2) is 16.9 Å². The number of primary amides is 1. The third kappa shape index (κ3) is 1.42. The van der Waals surface area contributed by atoms with Crippen LogP contribution >= 0.6 is 0 Å². The standard InChI is InChI=1S/C6H5F3N3O/c1-12(5(10)13)4(2-3-11-12)6(7,8)9/h2H,1H3,(H-,10,13)/p+1. The summed E-state index contributed by atoms with van der Waals surface area (Å²) in [4.78, 5) is 10.7. The van der Waals surface area contributed by atoms with Crippen LogP contribution in [0.2, 0.25) is 0 Å². The van der Waals surface area contributed by atoms with Gasteiger partial charge in [-0.05, 0) is 0 Å². The van der Waals surface area contributed by atoms with Crippen molar-refractivity contribution in [2.24, 2.45) is 10.8 Å². The van der Waals surface area contributed by atoms with Gasteiger partial charge in [0.1, 0.15) is 7.05 Å². The first-order valence-corrected chi connectivity index (χ1v) is 3.21. The smallest absolute Gasteiger partial charge is 0.316 e. The number of hydrogen-bond donors (Lipinski definition) is 1. The number of alkyl halides is 3. The zero-order valence-corrected chi connectivity index (χ0v) is 6.59. The lowest BCUT2D eigenvalue weighted by Gasteiger charge is -2.21. The summed E-state index contributed by atoms with van der Waals surface area (Å²) in [6.07, 6.45) is -2.06. The van der Waals surface area contributed by atoms with Crippen LogP contribution in [-0.2, 0) is 0 Å². The summed E-state index contributed by atoms with van der Waals surface area (Å²) in [5, 5.41) is 3.22. The van der Waals surface area contributed by atoms with Crippen molar-refractivity contribution in [1.29, 1.82) is 0 Å². The minimum absolute atomic E-state index is 0.602. The minimum Gasteiger partial charge on any atom is -0.316 e. The van der Waals surface area contributed by atoms with E-state index in [-0.39, 0.29) is 0 Å². The minimum atomic E-state index is -4.63. The highest BCUT2D eigenvalue weighted by Gasteiger charge is 2.53. The van der Waals surface area contributed by atoms with Crippen molar-refractivity contribution in [2.75, 3.05) is 7.05 Å². The van der Waals surface area contributed by atoms with E-state index >= 15 is 0 Å². The Labute approximate surface area is 71.7 Å². The molecule has 0 aliphatic carbocycles. The van der Waals surface area contributed by atoms with Gasteiger partial charge in [-0.3, -0.25) is 0 Å². The quantitative estimate of drug-likeness (QED) is 0.569. The Bertz CT molecular complexity index is 307. The third-order valence-electron chi connectivity index (χ3n) is 1.65. The molecule has 0 saturated heterocycles. The number of nitrogens with zero attached hydrogens (tertiary/aromatic N) is 2. The van der Waals surface area contributed by atoms with Crippen molar-refractivity contribution in [3.8, 4) is 0 Å². The summed E-state index contributed by atoms with van der Waals surface area (Å²) in [5.41, 5.74) is 3.64. The SMILES string of the molecule is C[N+]1(C(N)=O)N=[C]C=C1C(F)(F)F. The summed E-state index contributed by atoms with van der Waals surface area (Å²) in [6.45, 7) is 0. The van der Waals surface area contributed by atoms with Crippen molar-refractivity contribution >= 4 is 12.2 Å². The molecular weight excluding hydrogens is 187 g/mol. The topological polar surface area (TPSA) is 55.5 Å². The Morgan fingerprint density at radius 3 is 2.54 bits per heavy atom. The highest BCUT2D eigenvalue weighted by Crippen LogP contribution is 2.34. The molecule has 0 aromatic carbocycles. The average Bonchev–Trinajstić information content (AvgIpc) is 2.31. The van der Waals surface area contributed by atoms with E-state index in [0.29, 0.717) is 6.08 Å². The number of carbonyl (C=O) groups is 1. The van der Waals surface area contributed by atoms with Gasteiger partial charge >= 0.3 is 12.2 Å². The van der Waals surface area contributed by atoms with Crippen molar-refractivity contribution < 1.29 is 22.6 Å². The zero-order valence-electron chi connectivity index (χ0n) is 6.59. The van der Waals surface area contributed by atoms with E-state index in [1.807, 2.05) is 6.21 Å². The number of rotatable bonds is 0. The number of urea groups is 1. The number of carbonyl (C=O) groups excluding carboxylic acids is 1. The van der Waals surface area contributed by atoms with Crippen LogP contribution in [0.4, 0.5) is 18.0 Å². The van der Waals surface area contributed by atoms with E-state index in [9.17, 15) is 18.0 Å². The fraction of sp³-hybridized carbons (Fsp3) is 0.333. The van der Waals surface area contributed by atoms with Crippen LogP contribution in [0.3, 0.4) is 0 Å². The van der Waals surface area contributed by atoms with Gasteiger partial charge in [-0.15, -0.1) is 0 Å². The van der Waals surface area contributed by atoms with Gasteiger partial charge in [-0.25, -0.2) is 4.79 Å². The lowest BCUT2D eigenvalue weighted by molar-refractivity contribution is -0.803. The molecule has 1 atom stereocenters. The predicted octanol–water partition coefficient (Wildman–Crippen LogP) is 0.834. The van der Waals surface area contributed by atoms with Gasteiger partial charge < -0.3 is 5.73 Å². The van der Waals surface area contributed by atoms with Crippen LogP contribution in [-0.4, -0.2) is 30.1 Å². The molecule has 2 N–H and O–H groups in total. The summed E-state index contributed by atoms with van der Waals surface area (Å²) >= 11 is 0. The summed E-state index contributed by atoms with van der Waals surface area (Å²) in [7, 11) is 0.946. The van der Waals surface area contributed by atoms with Gasteiger partial charge in [0.2, 0.25) is 0 Å². The van der Waals surface area contributed by atoms with Crippen molar-refractivity contribution in [2.45, 2.75) is 6.18 Å². The molecule has 4 nitrogen and oxygen atoms in total.